The Labute approximate surface area is 179 Å². The van der Waals surface area contributed by atoms with Crippen molar-refractivity contribution < 1.29 is 100 Å². The van der Waals surface area contributed by atoms with Crippen molar-refractivity contribution in [2.24, 2.45) is 0 Å². The molecule has 0 amide bonds. The summed E-state index contributed by atoms with van der Waals surface area (Å²) in [4.78, 5) is 0. The van der Waals surface area contributed by atoms with E-state index in [-0.39, 0.29) is 0 Å². The molecular formula is C6H20O22S4. The zero-order valence-corrected chi connectivity index (χ0v) is 18.0. The molecule has 200 valence electrons. The molecule has 13 N–H and O–H groups in total. The largest absolute Gasteiger partial charge is 0.394 e. The molecular weight excluding hydrogens is 552 g/mol. The molecule has 1 saturated heterocycles. The summed E-state index contributed by atoms with van der Waals surface area (Å²) in [7, 11) is -18.7. The molecule has 1 heterocycles. The van der Waals surface area contributed by atoms with Crippen molar-refractivity contribution in [1.29, 1.82) is 0 Å². The molecule has 0 radical (unpaired) electrons. The predicted molar refractivity (Wildman–Crippen MR) is 92.7 cm³/mol. The number of hydrogen-bond donors (Lipinski definition) is 13. The SMILES string of the molecule is O=S(=O)(O)O.O=S(=O)(O)O.O=S(=O)(O)O.O=S(=O)(O)O.OC[C@H]1O[C@@H](O)[C@H](O)[C@@H](O)[C@H]1O. The normalized spacial score (nSPS) is 25.7. The summed E-state index contributed by atoms with van der Waals surface area (Å²) in [6.07, 6.45) is -7.04. The Hall–Kier alpha value is -0.760. The molecule has 5 atom stereocenters. The van der Waals surface area contributed by atoms with Gasteiger partial charge in [0.25, 0.3) is 0 Å². The van der Waals surface area contributed by atoms with Crippen molar-refractivity contribution in [2.45, 2.75) is 30.7 Å². The minimum atomic E-state index is -4.67. The zero-order chi connectivity index (χ0) is 27.3. The quantitative estimate of drug-likeness (QED) is 0.130. The Balaban J connectivity index is -0.000000167. The first-order valence-electron chi connectivity index (χ1n) is 6.36. The molecule has 0 aromatic rings. The van der Waals surface area contributed by atoms with Gasteiger partial charge in [-0.3, -0.25) is 36.4 Å². The summed E-state index contributed by atoms with van der Waals surface area (Å²) in [6, 6.07) is 0. The number of aliphatic hydroxyl groups excluding tert-OH is 5. The average molecular weight is 572 g/mol. The van der Waals surface area contributed by atoms with E-state index in [0.717, 1.165) is 0 Å². The van der Waals surface area contributed by atoms with Gasteiger partial charge in [0.2, 0.25) is 0 Å². The van der Waals surface area contributed by atoms with E-state index in [1.807, 2.05) is 0 Å². The van der Waals surface area contributed by atoms with E-state index in [2.05, 4.69) is 4.74 Å². The fourth-order valence-electron chi connectivity index (χ4n) is 1.08. The van der Waals surface area contributed by atoms with Gasteiger partial charge >= 0.3 is 41.6 Å². The number of rotatable bonds is 1. The highest BCUT2D eigenvalue weighted by molar-refractivity contribution is 7.80. The van der Waals surface area contributed by atoms with Crippen molar-refractivity contribution in [3.63, 3.8) is 0 Å². The van der Waals surface area contributed by atoms with Crippen LogP contribution in [-0.2, 0) is 46.3 Å². The Morgan fingerprint density at radius 2 is 0.719 bits per heavy atom. The predicted octanol–water partition coefficient (Wildman–Crippen LogP) is -5.83. The molecule has 32 heavy (non-hydrogen) atoms. The molecule has 0 aromatic carbocycles. The van der Waals surface area contributed by atoms with Crippen LogP contribution in [0.2, 0.25) is 0 Å². The summed E-state index contributed by atoms with van der Waals surface area (Å²) in [5, 5.41) is 44.7. The highest BCUT2D eigenvalue weighted by Crippen LogP contribution is 2.18. The van der Waals surface area contributed by atoms with Crippen LogP contribution in [0.15, 0.2) is 0 Å². The fraction of sp³-hybridized carbons (Fsp3) is 1.00. The Kier molecular flexibility index (Phi) is 19.2. The summed E-state index contributed by atoms with van der Waals surface area (Å²) in [6.45, 7) is -0.526. The highest BCUT2D eigenvalue weighted by atomic mass is 32.3. The third-order valence-corrected chi connectivity index (χ3v) is 1.87. The summed E-state index contributed by atoms with van der Waals surface area (Å²) in [5.41, 5.74) is 0. The fourth-order valence-corrected chi connectivity index (χ4v) is 1.08. The summed E-state index contributed by atoms with van der Waals surface area (Å²) in [5.74, 6) is 0. The lowest BCUT2D eigenvalue weighted by Gasteiger charge is -2.37. The standard InChI is InChI=1S/C6H12O6.4H2O4S/c7-1-2-3(8)4(9)5(10)6(11)12-2;4*1-5(2,3)4/h2-11H,1H2;4*(H2,1,2,3,4)/t2-,3+,4+,5-,6-;;;;/m1..../s1. The Morgan fingerprint density at radius 3 is 0.906 bits per heavy atom. The third kappa shape index (κ3) is 51.7. The van der Waals surface area contributed by atoms with Gasteiger partial charge in [-0.15, -0.1) is 0 Å². The van der Waals surface area contributed by atoms with Crippen LogP contribution in [0.3, 0.4) is 0 Å². The monoisotopic (exact) mass is 572 g/mol. The topological polar surface area (TPSA) is 409 Å². The van der Waals surface area contributed by atoms with Crippen molar-refractivity contribution in [2.75, 3.05) is 6.61 Å². The number of hydrogen-bond acceptors (Lipinski definition) is 14. The van der Waals surface area contributed by atoms with Crippen LogP contribution >= 0.6 is 0 Å². The molecule has 1 aliphatic rings. The molecule has 0 aliphatic carbocycles. The van der Waals surface area contributed by atoms with Crippen LogP contribution in [0.1, 0.15) is 0 Å². The highest BCUT2D eigenvalue weighted by Gasteiger charge is 2.42. The van der Waals surface area contributed by atoms with Gasteiger partial charge in [-0.25, -0.2) is 0 Å². The van der Waals surface area contributed by atoms with Gasteiger partial charge < -0.3 is 30.3 Å². The van der Waals surface area contributed by atoms with Crippen molar-refractivity contribution in [1.82, 2.24) is 0 Å². The van der Waals surface area contributed by atoms with E-state index in [1.165, 1.54) is 0 Å². The van der Waals surface area contributed by atoms with Gasteiger partial charge in [-0.2, -0.15) is 33.7 Å². The van der Waals surface area contributed by atoms with Gasteiger partial charge in [0, 0.05) is 0 Å². The lowest BCUT2D eigenvalue weighted by molar-refractivity contribution is -0.286. The maximum atomic E-state index is 9.12. The van der Waals surface area contributed by atoms with Crippen LogP contribution in [0.25, 0.3) is 0 Å². The maximum absolute atomic E-state index is 9.12. The summed E-state index contributed by atoms with van der Waals surface area (Å²) < 4.78 is 131. The molecule has 1 rings (SSSR count). The Morgan fingerprint density at radius 1 is 0.500 bits per heavy atom. The second kappa shape index (κ2) is 16.0. The first-order valence-corrected chi connectivity index (χ1v) is 11.9. The maximum Gasteiger partial charge on any atom is 0.394 e. The first kappa shape index (κ1) is 38.5. The van der Waals surface area contributed by atoms with Crippen LogP contribution in [0, 0.1) is 0 Å². The van der Waals surface area contributed by atoms with Crippen LogP contribution in [0.4, 0.5) is 0 Å². The second-order valence-electron chi connectivity index (χ2n) is 4.51. The molecule has 0 unspecified atom stereocenters. The molecule has 0 spiro atoms. The van der Waals surface area contributed by atoms with Gasteiger partial charge in [0.1, 0.15) is 24.4 Å². The van der Waals surface area contributed by atoms with Crippen LogP contribution in [0.5, 0.6) is 0 Å². The van der Waals surface area contributed by atoms with E-state index in [9.17, 15) is 0 Å². The molecule has 22 nitrogen and oxygen atoms in total. The third-order valence-electron chi connectivity index (χ3n) is 1.87. The minimum absolute atomic E-state index is 0.526. The number of aliphatic hydroxyl groups is 5. The lowest BCUT2D eigenvalue weighted by Crippen LogP contribution is -2.58. The van der Waals surface area contributed by atoms with Crippen molar-refractivity contribution >= 4 is 41.6 Å². The van der Waals surface area contributed by atoms with Crippen molar-refractivity contribution in [3.05, 3.63) is 0 Å². The molecule has 26 heteroatoms. The van der Waals surface area contributed by atoms with E-state index in [0.29, 0.717) is 0 Å². The van der Waals surface area contributed by atoms with Gasteiger partial charge in [-0.05, 0) is 0 Å². The van der Waals surface area contributed by atoms with Gasteiger partial charge in [0.05, 0.1) is 6.61 Å². The van der Waals surface area contributed by atoms with Crippen molar-refractivity contribution in [3.8, 4) is 0 Å². The van der Waals surface area contributed by atoms with E-state index in [1.54, 1.807) is 0 Å². The van der Waals surface area contributed by atoms with E-state index < -0.39 is 78.9 Å². The summed E-state index contributed by atoms with van der Waals surface area (Å²) >= 11 is 0. The molecule has 0 bridgehead atoms. The Bertz CT molecular complexity index is 743. The van der Waals surface area contributed by atoms with Gasteiger partial charge in [-0.1, -0.05) is 0 Å². The van der Waals surface area contributed by atoms with Gasteiger partial charge in [0.15, 0.2) is 6.29 Å². The van der Waals surface area contributed by atoms with Crippen LogP contribution < -0.4 is 0 Å². The molecule has 0 saturated carbocycles. The molecule has 1 aliphatic heterocycles. The minimum Gasteiger partial charge on any atom is -0.394 e. The van der Waals surface area contributed by atoms with Crippen LogP contribution in [-0.4, -0.2) is 133 Å². The van der Waals surface area contributed by atoms with E-state index in [4.69, 9.17) is 95.6 Å². The smallest absolute Gasteiger partial charge is 0.394 e. The second-order valence-corrected chi connectivity index (χ2v) is 8.09. The molecule has 0 aromatic heterocycles. The zero-order valence-electron chi connectivity index (χ0n) is 14.7. The molecule has 1 fully saturated rings. The first-order chi connectivity index (χ1) is 13.6. The number of ether oxygens (including phenoxy) is 1. The van der Waals surface area contributed by atoms with E-state index >= 15 is 0 Å². The average Bonchev–Trinajstić information content (AvgIpc) is 2.42. The lowest BCUT2D eigenvalue weighted by atomic mass is 10.00.